The number of hydrogen-bond acceptors (Lipinski definition) is 3. The Morgan fingerprint density at radius 3 is 2.09 bits per heavy atom. The molecule has 1 N–H and O–H groups in total. The van der Waals surface area contributed by atoms with Crippen LogP contribution in [0.4, 0.5) is 18.9 Å². The van der Waals surface area contributed by atoms with Crippen LogP contribution in [0.25, 0.3) is 11.1 Å². The third-order valence-electron chi connectivity index (χ3n) is 5.26. The Bertz CT molecular complexity index is 1320. The van der Waals surface area contributed by atoms with Crippen LogP contribution in [-0.2, 0) is 21.6 Å². The van der Waals surface area contributed by atoms with Crippen molar-refractivity contribution in [2.75, 3.05) is 5.32 Å². The molecule has 3 aromatic carbocycles. The van der Waals surface area contributed by atoms with Crippen LogP contribution in [0.5, 0.6) is 0 Å². The molecule has 0 spiro atoms. The number of amidine groups is 1. The van der Waals surface area contributed by atoms with Crippen LogP contribution < -0.4 is 5.32 Å². The van der Waals surface area contributed by atoms with Crippen LogP contribution in [-0.4, -0.2) is 14.3 Å². The van der Waals surface area contributed by atoms with Crippen molar-refractivity contribution in [3.63, 3.8) is 0 Å². The molecular formula is C24H21F3N2O2S. The molecule has 0 aliphatic carbocycles. The predicted octanol–water partition coefficient (Wildman–Crippen LogP) is 6.23. The molecular weight excluding hydrogens is 437 g/mol. The second kappa shape index (κ2) is 7.48. The van der Waals surface area contributed by atoms with E-state index in [2.05, 4.69) is 30.5 Å². The fraction of sp³-hybridized carbons (Fsp3) is 0.208. The highest BCUT2D eigenvalue weighted by Crippen LogP contribution is 2.35. The number of alkyl halides is 3. The molecule has 3 aromatic rings. The number of anilines is 1. The topological polar surface area (TPSA) is 58.5 Å². The molecule has 166 valence electrons. The van der Waals surface area contributed by atoms with Crippen LogP contribution in [0, 0.1) is 0 Å². The molecule has 1 heterocycles. The summed E-state index contributed by atoms with van der Waals surface area (Å²) in [6.07, 6.45) is -4.48. The third-order valence-corrected chi connectivity index (χ3v) is 6.58. The van der Waals surface area contributed by atoms with Gasteiger partial charge < -0.3 is 5.32 Å². The van der Waals surface area contributed by atoms with Crippen LogP contribution in [0.3, 0.4) is 0 Å². The Hall–Kier alpha value is -3.13. The highest BCUT2D eigenvalue weighted by Gasteiger charge is 2.32. The predicted molar refractivity (Wildman–Crippen MR) is 119 cm³/mol. The van der Waals surface area contributed by atoms with Crippen molar-refractivity contribution < 1.29 is 21.6 Å². The second-order valence-corrected chi connectivity index (χ2v) is 10.2. The first kappa shape index (κ1) is 22.1. The maximum absolute atomic E-state index is 13.1. The van der Waals surface area contributed by atoms with Gasteiger partial charge in [0.05, 0.1) is 5.56 Å². The van der Waals surface area contributed by atoms with Crippen molar-refractivity contribution in [1.82, 2.24) is 0 Å². The normalized spacial score (nSPS) is 15.2. The number of sulfonamides is 1. The zero-order chi connectivity index (χ0) is 23.3. The molecule has 32 heavy (non-hydrogen) atoms. The van der Waals surface area contributed by atoms with Crippen LogP contribution in [0.15, 0.2) is 76.0 Å². The molecule has 0 bridgehead atoms. The number of halogens is 3. The van der Waals surface area contributed by atoms with E-state index in [1.807, 2.05) is 24.3 Å². The number of benzene rings is 3. The summed E-state index contributed by atoms with van der Waals surface area (Å²) in [4.78, 5) is -0.0405. The van der Waals surface area contributed by atoms with Crippen molar-refractivity contribution >= 4 is 21.5 Å². The molecule has 1 aliphatic heterocycles. The standard InChI is InChI=1S/C24H21F3N2O2S/c1-23(2,3)17-8-10-19(11-9-17)28-22-20-12-7-16(14-21(20)32(30,31)29-22)15-5-4-6-18(13-15)24(25,26)27/h4-14H,1-3H3,(H,28,29). The van der Waals surface area contributed by atoms with Gasteiger partial charge in [0.15, 0.2) is 5.84 Å². The summed E-state index contributed by atoms with van der Waals surface area (Å²) in [5.74, 6) is 0.180. The smallest absolute Gasteiger partial charge is 0.339 e. The average Bonchev–Trinajstić information content (AvgIpc) is 2.96. The Kier molecular flexibility index (Phi) is 5.16. The number of hydrogen-bond donors (Lipinski definition) is 1. The molecule has 4 nitrogen and oxygen atoms in total. The second-order valence-electron chi connectivity index (χ2n) is 8.66. The molecule has 8 heteroatoms. The van der Waals surface area contributed by atoms with Crippen molar-refractivity contribution in [2.45, 2.75) is 37.3 Å². The molecule has 0 saturated heterocycles. The monoisotopic (exact) mass is 458 g/mol. The van der Waals surface area contributed by atoms with E-state index in [0.29, 0.717) is 16.8 Å². The molecule has 0 radical (unpaired) electrons. The minimum atomic E-state index is -4.48. The Morgan fingerprint density at radius 2 is 1.47 bits per heavy atom. The molecule has 4 rings (SSSR count). The third kappa shape index (κ3) is 4.27. The van der Waals surface area contributed by atoms with Gasteiger partial charge >= 0.3 is 6.18 Å². The largest absolute Gasteiger partial charge is 0.416 e. The van der Waals surface area contributed by atoms with Gasteiger partial charge in [0.2, 0.25) is 0 Å². The molecule has 0 saturated carbocycles. The summed E-state index contributed by atoms with van der Waals surface area (Å²) in [6.45, 7) is 6.30. The van der Waals surface area contributed by atoms with Gasteiger partial charge in [-0.05, 0) is 58.5 Å². The highest BCUT2D eigenvalue weighted by molar-refractivity contribution is 7.90. The maximum atomic E-state index is 13.1. The minimum Gasteiger partial charge on any atom is -0.339 e. The molecule has 1 aliphatic rings. The fourth-order valence-electron chi connectivity index (χ4n) is 3.48. The number of nitrogens with zero attached hydrogens (tertiary/aromatic N) is 1. The van der Waals surface area contributed by atoms with E-state index < -0.39 is 21.8 Å². The SMILES string of the molecule is CC(C)(C)c1ccc(NC2=NS(=O)(=O)c3cc(-c4cccc(C(F)(F)F)c4)ccc32)cc1. The first-order chi connectivity index (χ1) is 14.8. The first-order valence-corrected chi connectivity index (χ1v) is 11.3. The van der Waals surface area contributed by atoms with E-state index in [4.69, 9.17) is 0 Å². The molecule has 0 unspecified atom stereocenters. The molecule has 0 aromatic heterocycles. The maximum Gasteiger partial charge on any atom is 0.416 e. The van der Waals surface area contributed by atoms with Gasteiger partial charge in [-0.3, -0.25) is 0 Å². The van der Waals surface area contributed by atoms with E-state index in [9.17, 15) is 21.6 Å². The number of nitrogens with one attached hydrogen (secondary N) is 1. The zero-order valence-electron chi connectivity index (χ0n) is 17.7. The average molecular weight is 459 g/mol. The van der Waals surface area contributed by atoms with E-state index in [0.717, 1.165) is 17.7 Å². The lowest BCUT2D eigenvalue weighted by Gasteiger charge is -2.19. The summed E-state index contributed by atoms with van der Waals surface area (Å²) >= 11 is 0. The Balaban J connectivity index is 1.67. The summed E-state index contributed by atoms with van der Waals surface area (Å²) in [7, 11) is -3.97. The van der Waals surface area contributed by atoms with E-state index in [1.54, 1.807) is 12.1 Å². The highest BCUT2D eigenvalue weighted by atomic mass is 32.2. The van der Waals surface area contributed by atoms with E-state index in [1.165, 1.54) is 18.2 Å². The summed E-state index contributed by atoms with van der Waals surface area (Å²) in [6, 6.07) is 16.9. The van der Waals surface area contributed by atoms with Gasteiger partial charge in [0.1, 0.15) is 4.90 Å². The first-order valence-electron chi connectivity index (χ1n) is 9.89. The Labute approximate surface area is 184 Å². The van der Waals surface area contributed by atoms with E-state index in [-0.39, 0.29) is 21.7 Å². The van der Waals surface area contributed by atoms with Crippen LogP contribution in [0.2, 0.25) is 0 Å². The Morgan fingerprint density at radius 1 is 0.812 bits per heavy atom. The van der Waals surface area contributed by atoms with Gasteiger partial charge in [-0.2, -0.15) is 21.6 Å². The quantitative estimate of drug-likeness (QED) is 0.495. The van der Waals surface area contributed by atoms with Gasteiger partial charge in [-0.1, -0.05) is 51.1 Å². The van der Waals surface area contributed by atoms with Crippen molar-refractivity contribution in [3.8, 4) is 11.1 Å². The number of fused-ring (bicyclic) bond motifs is 1. The molecule has 0 atom stereocenters. The fourth-order valence-corrected chi connectivity index (χ4v) is 4.69. The van der Waals surface area contributed by atoms with Crippen LogP contribution in [0.1, 0.15) is 37.5 Å². The summed E-state index contributed by atoms with van der Waals surface area (Å²) < 4.78 is 68.3. The summed E-state index contributed by atoms with van der Waals surface area (Å²) in [5.41, 5.74) is 2.02. The van der Waals surface area contributed by atoms with Gasteiger partial charge in [-0.25, -0.2) is 0 Å². The number of rotatable bonds is 2. The van der Waals surface area contributed by atoms with Crippen molar-refractivity contribution in [2.24, 2.45) is 4.40 Å². The van der Waals surface area contributed by atoms with Crippen molar-refractivity contribution in [1.29, 1.82) is 0 Å². The lowest BCUT2D eigenvalue weighted by Crippen LogP contribution is -2.13. The molecule has 0 amide bonds. The van der Waals surface area contributed by atoms with Crippen LogP contribution >= 0.6 is 0 Å². The lowest BCUT2D eigenvalue weighted by atomic mass is 9.87. The van der Waals surface area contributed by atoms with E-state index >= 15 is 0 Å². The van der Waals surface area contributed by atoms with Gasteiger partial charge in [0.25, 0.3) is 10.0 Å². The lowest BCUT2D eigenvalue weighted by molar-refractivity contribution is -0.137. The zero-order valence-corrected chi connectivity index (χ0v) is 18.5. The van der Waals surface area contributed by atoms with Gasteiger partial charge in [0, 0.05) is 11.3 Å². The minimum absolute atomic E-state index is 0.0147. The van der Waals surface area contributed by atoms with Gasteiger partial charge in [-0.15, -0.1) is 4.40 Å². The van der Waals surface area contributed by atoms with Crippen molar-refractivity contribution in [3.05, 3.63) is 83.4 Å². The molecule has 0 fully saturated rings. The summed E-state index contributed by atoms with van der Waals surface area (Å²) in [5, 5.41) is 3.04.